The Balaban J connectivity index is 1.86. The number of ether oxygens (including phenoxy) is 1. The molecule has 0 amide bonds. The van der Waals surface area contributed by atoms with Crippen molar-refractivity contribution in [2.24, 2.45) is 5.92 Å². The number of fused-ring (bicyclic) bond motifs is 1. The van der Waals surface area contributed by atoms with Gasteiger partial charge in [-0.25, -0.2) is 9.50 Å². The van der Waals surface area contributed by atoms with Crippen LogP contribution in [0.3, 0.4) is 0 Å². The normalized spacial score (nSPS) is 20.1. The van der Waals surface area contributed by atoms with E-state index in [1.807, 2.05) is 12.1 Å². The van der Waals surface area contributed by atoms with Crippen LogP contribution in [0, 0.1) is 5.92 Å². The summed E-state index contributed by atoms with van der Waals surface area (Å²) in [7, 11) is 0. The molecule has 1 saturated heterocycles. The predicted molar refractivity (Wildman–Crippen MR) is 65.6 cm³/mol. The van der Waals surface area contributed by atoms with Crippen LogP contribution in [0.1, 0.15) is 29.2 Å². The highest BCUT2D eigenvalue weighted by Crippen LogP contribution is 2.17. The van der Waals surface area contributed by atoms with Crippen molar-refractivity contribution >= 4 is 11.9 Å². The predicted octanol–water partition coefficient (Wildman–Crippen LogP) is 1.51. The fourth-order valence-corrected chi connectivity index (χ4v) is 2.37. The summed E-state index contributed by atoms with van der Waals surface area (Å²) in [6.45, 7) is 1.65. The van der Waals surface area contributed by atoms with Gasteiger partial charge in [-0.15, -0.1) is 0 Å². The molecule has 0 saturated carbocycles. The molecule has 1 aliphatic heterocycles. The highest BCUT2D eigenvalue weighted by Gasteiger charge is 2.17. The van der Waals surface area contributed by atoms with E-state index in [9.17, 15) is 4.79 Å². The molecule has 0 spiro atoms. The van der Waals surface area contributed by atoms with E-state index in [2.05, 4.69) is 10.1 Å². The first kappa shape index (κ1) is 11.3. The molecular weight excluding hydrogens is 230 g/mol. The summed E-state index contributed by atoms with van der Waals surface area (Å²) < 4.78 is 7.06. The lowest BCUT2D eigenvalue weighted by Crippen LogP contribution is -2.19. The van der Waals surface area contributed by atoms with E-state index in [1.54, 1.807) is 10.6 Å². The number of nitrogens with zero attached hydrogens (tertiary/aromatic N) is 3. The third-order valence-electron chi connectivity index (χ3n) is 3.28. The van der Waals surface area contributed by atoms with Crippen molar-refractivity contribution in [1.29, 1.82) is 0 Å². The largest absolute Gasteiger partial charge is 0.381 e. The summed E-state index contributed by atoms with van der Waals surface area (Å²) in [5.74, 6) is 1.29. The molecule has 0 N–H and O–H groups in total. The van der Waals surface area contributed by atoms with E-state index in [4.69, 9.17) is 4.74 Å². The molecule has 0 bridgehead atoms. The van der Waals surface area contributed by atoms with Crippen LogP contribution < -0.4 is 0 Å². The van der Waals surface area contributed by atoms with Gasteiger partial charge in [0.25, 0.3) is 0 Å². The lowest BCUT2D eigenvalue weighted by atomic mass is 9.98. The first-order valence-corrected chi connectivity index (χ1v) is 6.24. The van der Waals surface area contributed by atoms with Gasteiger partial charge < -0.3 is 4.74 Å². The number of aldehydes is 1. The molecule has 2 aromatic heterocycles. The van der Waals surface area contributed by atoms with Crippen molar-refractivity contribution in [2.75, 3.05) is 13.2 Å². The number of pyridine rings is 1. The number of carbonyl (C=O) groups excluding carboxylic acids is 1. The molecule has 0 aliphatic carbocycles. The molecule has 1 fully saturated rings. The van der Waals surface area contributed by atoms with E-state index in [-0.39, 0.29) is 0 Å². The maximum absolute atomic E-state index is 10.9. The molecular formula is C13H15N3O2. The van der Waals surface area contributed by atoms with Crippen molar-refractivity contribution in [2.45, 2.75) is 19.3 Å². The molecule has 5 nitrogen and oxygen atoms in total. The third kappa shape index (κ3) is 2.13. The summed E-state index contributed by atoms with van der Waals surface area (Å²) in [5.41, 5.74) is 1.26. The Hall–Kier alpha value is -1.75. The molecule has 0 aromatic carbocycles. The molecule has 18 heavy (non-hydrogen) atoms. The average molecular weight is 245 g/mol. The summed E-state index contributed by atoms with van der Waals surface area (Å²) in [6, 6.07) is 5.42. The molecule has 3 heterocycles. The van der Waals surface area contributed by atoms with Gasteiger partial charge in [-0.1, -0.05) is 6.07 Å². The number of rotatable bonds is 3. The van der Waals surface area contributed by atoms with Crippen molar-refractivity contribution in [3.63, 3.8) is 0 Å². The Kier molecular flexibility index (Phi) is 3.06. The fraction of sp³-hybridized carbons (Fsp3) is 0.462. The van der Waals surface area contributed by atoms with Crippen molar-refractivity contribution in [3.05, 3.63) is 29.7 Å². The number of carbonyl (C=O) groups is 1. The van der Waals surface area contributed by atoms with Crippen LogP contribution in [0.25, 0.3) is 5.65 Å². The van der Waals surface area contributed by atoms with Crippen molar-refractivity contribution < 1.29 is 9.53 Å². The second-order valence-corrected chi connectivity index (χ2v) is 4.65. The summed E-state index contributed by atoms with van der Waals surface area (Å²) in [4.78, 5) is 15.4. The molecule has 5 heteroatoms. The van der Waals surface area contributed by atoms with Gasteiger partial charge in [-0.2, -0.15) is 5.10 Å². The topological polar surface area (TPSA) is 56.5 Å². The first-order chi connectivity index (χ1) is 8.86. The molecule has 1 atom stereocenters. The van der Waals surface area contributed by atoms with Crippen LogP contribution in [0.5, 0.6) is 0 Å². The van der Waals surface area contributed by atoms with Crippen LogP contribution in [0.4, 0.5) is 0 Å². The molecule has 1 aliphatic rings. The second kappa shape index (κ2) is 4.86. The Labute approximate surface area is 105 Å². The monoisotopic (exact) mass is 245 g/mol. The van der Waals surface area contributed by atoms with Crippen LogP contribution in [0.15, 0.2) is 18.2 Å². The Bertz CT molecular complexity index is 558. The quantitative estimate of drug-likeness (QED) is 0.769. The van der Waals surface area contributed by atoms with Crippen LogP contribution in [-0.2, 0) is 11.2 Å². The SMILES string of the molecule is O=Cc1cccc2nc(CC3CCCOC3)nn12. The smallest absolute Gasteiger partial charge is 0.168 e. The van der Waals surface area contributed by atoms with Crippen LogP contribution in [0.2, 0.25) is 0 Å². The van der Waals surface area contributed by atoms with Gasteiger partial charge in [-0.3, -0.25) is 4.79 Å². The minimum Gasteiger partial charge on any atom is -0.381 e. The van der Waals surface area contributed by atoms with Crippen molar-refractivity contribution in [3.8, 4) is 0 Å². The standard InChI is InChI=1S/C13H15N3O2/c17-8-11-4-1-5-13-14-12(15-16(11)13)7-10-3-2-6-18-9-10/h1,4-5,8,10H,2-3,6-7,9H2. The van der Waals surface area contributed by atoms with Gasteiger partial charge >= 0.3 is 0 Å². The highest BCUT2D eigenvalue weighted by molar-refractivity contribution is 5.73. The van der Waals surface area contributed by atoms with E-state index in [1.165, 1.54) is 0 Å². The zero-order valence-electron chi connectivity index (χ0n) is 10.1. The maximum atomic E-state index is 10.9. The number of aromatic nitrogens is 3. The van der Waals surface area contributed by atoms with Crippen molar-refractivity contribution in [1.82, 2.24) is 14.6 Å². The minimum atomic E-state index is 0.496. The third-order valence-corrected chi connectivity index (χ3v) is 3.28. The maximum Gasteiger partial charge on any atom is 0.168 e. The first-order valence-electron chi connectivity index (χ1n) is 6.24. The Morgan fingerprint density at radius 1 is 1.50 bits per heavy atom. The summed E-state index contributed by atoms with van der Waals surface area (Å²) >= 11 is 0. The molecule has 94 valence electrons. The second-order valence-electron chi connectivity index (χ2n) is 4.65. The molecule has 0 radical (unpaired) electrons. The van der Waals surface area contributed by atoms with Gasteiger partial charge in [0.05, 0.1) is 0 Å². The van der Waals surface area contributed by atoms with E-state index < -0.39 is 0 Å². The Morgan fingerprint density at radius 3 is 3.22 bits per heavy atom. The fourth-order valence-electron chi connectivity index (χ4n) is 2.37. The molecule has 3 rings (SSSR count). The average Bonchev–Trinajstić information content (AvgIpc) is 2.82. The van der Waals surface area contributed by atoms with E-state index in [0.717, 1.165) is 50.2 Å². The summed E-state index contributed by atoms with van der Waals surface area (Å²) in [5, 5.41) is 4.40. The minimum absolute atomic E-state index is 0.496. The van der Waals surface area contributed by atoms with Gasteiger partial charge in [0.15, 0.2) is 17.8 Å². The highest BCUT2D eigenvalue weighted by atomic mass is 16.5. The van der Waals surface area contributed by atoms with Crippen LogP contribution in [-0.4, -0.2) is 34.1 Å². The lowest BCUT2D eigenvalue weighted by Gasteiger charge is -2.20. The van der Waals surface area contributed by atoms with E-state index in [0.29, 0.717) is 11.6 Å². The lowest BCUT2D eigenvalue weighted by molar-refractivity contribution is 0.0543. The zero-order valence-corrected chi connectivity index (χ0v) is 10.1. The van der Waals surface area contributed by atoms with Gasteiger partial charge in [0.1, 0.15) is 5.69 Å². The van der Waals surface area contributed by atoms with Gasteiger partial charge in [0.2, 0.25) is 0 Å². The van der Waals surface area contributed by atoms with E-state index >= 15 is 0 Å². The van der Waals surface area contributed by atoms with Gasteiger partial charge in [0, 0.05) is 19.6 Å². The number of hydrogen-bond donors (Lipinski definition) is 0. The summed E-state index contributed by atoms with van der Waals surface area (Å²) in [6.07, 6.45) is 3.89. The Morgan fingerprint density at radius 2 is 2.44 bits per heavy atom. The van der Waals surface area contributed by atoms with Gasteiger partial charge in [-0.05, 0) is 30.9 Å². The number of hydrogen-bond acceptors (Lipinski definition) is 4. The molecule has 2 aromatic rings. The zero-order chi connectivity index (χ0) is 12.4. The van der Waals surface area contributed by atoms with Crippen LogP contribution >= 0.6 is 0 Å². The molecule has 1 unspecified atom stereocenters.